The van der Waals surface area contributed by atoms with Crippen molar-refractivity contribution in [2.45, 2.75) is 24.5 Å². The predicted molar refractivity (Wildman–Crippen MR) is 117 cm³/mol. The van der Waals surface area contributed by atoms with E-state index in [2.05, 4.69) is 20.3 Å². The normalized spacial score (nSPS) is 11.5. The number of nitrogens with zero attached hydrogens (tertiary/aromatic N) is 2. The Morgan fingerprint density at radius 1 is 1.21 bits per heavy atom. The number of hydrogen-bond donors (Lipinski definition) is 3. The Bertz CT molecular complexity index is 1060. The molecule has 1 aromatic heterocycles. The highest BCUT2D eigenvalue weighted by molar-refractivity contribution is 7.98. The van der Waals surface area contributed by atoms with Gasteiger partial charge in [0.2, 0.25) is 11.9 Å². The molecule has 28 heavy (non-hydrogen) atoms. The average molecular weight is 414 g/mol. The maximum atomic E-state index is 11.9. The van der Waals surface area contributed by atoms with E-state index >= 15 is 0 Å². The number of aliphatic imine (C=N–C) groups is 1. The van der Waals surface area contributed by atoms with Crippen LogP contribution in [0.3, 0.4) is 0 Å². The second kappa shape index (κ2) is 8.95. The molecule has 0 atom stereocenters. The van der Waals surface area contributed by atoms with Gasteiger partial charge in [-0.15, -0.1) is 11.8 Å². The summed E-state index contributed by atoms with van der Waals surface area (Å²) < 4.78 is 0. The van der Waals surface area contributed by atoms with E-state index in [0.717, 1.165) is 21.7 Å². The van der Waals surface area contributed by atoms with Gasteiger partial charge in [-0.3, -0.25) is 9.78 Å². The molecule has 4 N–H and O–H groups in total. The zero-order chi connectivity index (χ0) is 20.1. The van der Waals surface area contributed by atoms with Crippen LogP contribution in [-0.4, -0.2) is 15.9 Å². The van der Waals surface area contributed by atoms with Gasteiger partial charge in [0.05, 0.1) is 5.69 Å². The van der Waals surface area contributed by atoms with Crippen LogP contribution in [0.25, 0.3) is 0 Å². The number of guanidine groups is 1. The Kier molecular flexibility index (Phi) is 6.38. The van der Waals surface area contributed by atoms with E-state index in [-0.39, 0.29) is 17.5 Å². The first-order chi connectivity index (χ1) is 13.4. The molecular formula is C20H20ClN5OS. The molecule has 0 spiro atoms. The predicted octanol–water partition coefficient (Wildman–Crippen LogP) is 4.39. The lowest BCUT2D eigenvalue weighted by Crippen LogP contribution is -2.23. The molecule has 0 amide bonds. The van der Waals surface area contributed by atoms with Crippen LogP contribution in [-0.2, 0) is 5.75 Å². The molecule has 3 aromatic rings. The minimum atomic E-state index is -0.278. The van der Waals surface area contributed by atoms with Gasteiger partial charge in [-0.05, 0) is 49.7 Å². The first-order valence-corrected chi connectivity index (χ1v) is 9.92. The van der Waals surface area contributed by atoms with Gasteiger partial charge in [0.1, 0.15) is 0 Å². The van der Waals surface area contributed by atoms with E-state index < -0.39 is 0 Å². The summed E-state index contributed by atoms with van der Waals surface area (Å²) >= 11 is 7.45. The van der Waals surface area contributed by atoms with E-state index in [4.69, 9.17) is 17.3 Å². The van der Waals surface area contributed by atoms with Gasteiger partial charge < -0.3 is 11.1 Å². The minimum absolute atomic E-state index is 0.151. The number of hydrogen-bond acceptors (Lipinski definition) is 4. The summed E-state index contributed by atoms with van der Waals surface area (Å²) in [5.74, 6) is 0.838. The van der Waals surface area contributed by atoms with Gasteiger partial charge >= 0.3 is 0 Å². The lowest BCUT2D eigenvalue weighted by atomic mass is 10.1. The highest BCUT2D eigenvalue weighted by Gasteiger charge is 2.05. The van der Waals surface area contributed by atoms with Gasteiger partial charge in [-0.1, -0.05) is 29.3 Å². The number of aromatic amines is 1. The molecule has 0 aliphatic rings. The van der Waals surface area contributed by atoms with Crippen molar-refractivity contribution < 1.29 is 0 Å². The van der Waals surface area contributed by atoms with Crippen LogP contribution in [0.1, 0.15) is 16.8 Å². The number of benzene rings is 2. The Labute approximate surface area is 172 Å². The fourth-order valence-corrected chi connectivity index (χ4v) is 3.46. The third-order valence-electron chi connectivity index (χ3n) is 3.85. The molecule has 0 fully saturated rings. The molecule has 0 aliphatic heterocycles. The highest BCUT2D eigenvalue weighted by atomic mass is 35.5. The van der Waals surface area contributed by atoms with Crippen LogP contribution >= 0.6 is 23.4 Å². The molecule has 144 valence electrons. The van der Waals surface area contributed by atoms with Crippen molar-refractivity contribution in [2.75, 3.05) is 5.32 Å². The van der Waals surface area contributed by atoms with Crippen molar-refractivity contribution in [3.63, 3.8) is 0 Å². The third kappa shape index (κ3) is 5.61. The zero-order valence-corrected chi connectivity index (χ0v) is 17.1. The molecule has 1 heterocycles. The van der Waals surface area contributed by atoms with Crippen molar-refractivity contribution in [3.05, 3.63) is 80.7 Å². The van der Waals surface area contributed by atoms with Crippen molar-refractivity contribution in [3.8, 4) is 0 Å². The first-order valence-electron chi connectivity index (χ1n) is 8.56. The molecule has 0 saturated heterocycles. The maximum Gasteiger partial charge on any atom is 0.252 e. The van der Waals surface area contributed by atoms with Crippen LogP contribution < -0.4 is 16.6 Å². The third-order valence-corrected chi connectivity index (χ3v) is 5.15. The second-order valence-corrected chi connectivity index (χ2v) is 7.73. The molecule has 6 nitrogen and oxygen atoms in total. The summed E-state index contributed by atoms with van der Waals surface area (Å²) in [4.78, 5) is 24.1. The Balaban J connectivity index is 1.73. The van der Waals surface area contributed by atoms with E-state index in [9.17, 15) is 4.79 Å². The highest BCUT2D eigenvalue weighted by Crippen LogP contribution is 2.23. The maximum absolute atomic E-state index is 11.9. The summed E-state index contributed by atoms with van der Waals surface area (Å²) in [7, 11) is 0. The number of halogens is 1. The zero-order valence-electron chi connectivity index (χ0n) is 15.5. The molecule has 0 saturated carbocycles. The monoisotopic (exact) mass is 413 g/mol. The van der Waals surface area contributed by atoms with E-state index in [0.29, 0.717) is 16.5 Å². The first kappa shape index (κ1) is 20.0. The summed E-state index contributed by atoms with van der Waals surface area (Å²) in [5, 5.41) is 3.72. The quantitative estimate of drug-likeness (QED) is 0.327. The fourth-order valence-electron chi connectivity index (χ4n) is 2.54. The van der Waals surface area contributed by atoms with E-state index in [1.54, 1.807) is 11.8 Å². The summed E-state index contributed by atoms with van der Waals surface area (Å²) in [6.07, 6.45) is 0. The van der Waals surface area contributed by atoms with Crippen LogP contribution in [0.4, 0.5) is 11.6 Å². The Morgan fingerprint density at radius 3 is 2.68 bits per heavy atom. The van der Waals surface area contributed by atoms with Crippen LogP contribution in [0.15, 0.2) is 63.2 Å². The largest absolute Gasteiger partial charge is 0.369 e. The number of thioether (sulfide) groups is 1. The number of nitrogens with one attached hydrogen (secondary N) is 2. The van der Waals surface area contributed by atoms with Crippen LogP contribution in [0, 0.1) is 13.8 Å². The smallest absolute Gasteiger partial charge is 0.252 e. The number of rotatable bonds is 5. The average Bonchev–Trinajstić information content (AvgIpc) is 2.63. The number of aryl methyl sites for hydroxylation is 2. The van der Waals surface area contributed by atoms with E-state index in [1.807, 2.05) is 56.3 Å². The van der Waals surface area contributed by atoms with Crippen molar-refractivity contribution >= 4 is 41.0 Å². The molecule has 2 aromatic carbocycles. The second-order valence-electron chi connectivity index (χ2n) is 6.24. The topological polar surface area (TPSA) is 96.2 Å². The van der Waals surface area contributed by atoms with E-state index in [1.165, 1.54) is 6.07 Å². The van der Waals surface area contributed by atoms with Crippen LogP contribution in [0.5, 0.6) is 0 Å². The number of aromatic nitrogens is 2. The number of H-pyrrole nitrogens is 1. The van der Waals surface area contributed by atoms with Gasteiger partial charge in [0, 0.05) is 27.4 Å². The Morgan fingerprint density at radius 2 is 1.96 bits per heavy atom. The minimum Gasteiger partial charge on any atom is -0.369 e. The van der Waals surface area contributed by atoms with Crippen molar-refractivity contribution in [1.82, 2.24) is 9.97 Å². The molecule has 3 rings (SSSR count). The van der Waals surface area contributed by atoms with Gasteiger partial charge in [-0.2, -0.15) is 4.99 Å². The van der Waals surface area contributed by atoms with Gasteiger partial charge in [0.25, 0.3) is 5.56 Å². The molecule has 0 unspecified atom stereocenters. The molecule has 0 bridgehead atoms. The summed E-state index contributed by atoms with van der Waals surface area (Å²) in [6.45, 7) is 4.01. The van der Waals surface area contributed by atoms with Crippen LogP contribution in [0.2, 0.25) is 5.02 Å². The standard InChI is InChI=1S/C20H20ClN5OS/c1-12-3-8-17(13(2)9-12)24-19(22)26-20-23-15(10-18(27)25-20)11-28-16-6-4-14(21)5-7-16/h3-10H,11H2,1-2H3,(H4,22,23,24,25,26,27). The lowest BCUT2D eigenvalue weighted by Gasteiger charge is -2.09. The van der Waals surface area contributed by atoms with Gasteiger partial charge in [-0.25, -0.2) is 4.98 Å². The lowest BCUT2D eigenvalue weighted by molar-refractivity contribution is 1.04. The number of anilines is 1. The molecule has 0 aliphatic carbocycles. The molecule has 0 radical (unpaired) electrons. The summed E-state index contributed by atoms with van der Waals surface area (Å²) in [5.41, 5.74) is 9.38. The Hall–Kier alpha value is -2.77. The van der Waals surface area contributed by atoms with Gasteiger partial charge in [0.15, 0.2) is 0 Å². The fraction of sp³-hybridized carbons (Fsp3) is 0.150. The number of nitrogens with two attached hydrogens (primary N) is 1. The molecular weight excluding hydrogens is 394 g/mol. The SMILES string of the molecule is Cc1ccc(N/C(N)=N/c2nc(CSc3ccc(Cl)cc3)cc(=O)[nH]2)c(C)c1. The molecule has 8 heteroatoms. The van der Waals surface area contributed by atoms with Crippen molar-refractivity contribution in [1.29, 1.82) is 0 Å². The van der Waals surface area contributed by atoms with Crippen molar-refractivity contribution in [2.24, 2.45) is 10.7 Å². The summed E-state index contributed by atoms with van der Waals surface area (Å²) in [6, 6.07) is 14.9.